The van der Waals surface area contributed by atoms with E-state index in [1.807, 2.05) is 0 Å². The normalized spacial score (nSPS) is 9.93. The number of methoxy groups -OCH3 is 2. The van der Waals surface area contributed by atoms with Gasteiger partial charge in [0.25, 0.3) is 0 Å². The Kier molecular flexibility index (Phi) is 6.62. The molecule has 3 N–H and O–H groups in total. The molecule has 2 aromatic rings. The zero-order valence-corrected chi connectivity index (χ0v) is 15.6. The lowest BCUT2D eigenvalue weighted by atomic mass is 10.2. The van der Waals surface area contributed by atoms with E-state index < -0.39 is 11.8 Å². The fourth-order valence-electron chi connectivity index (χ4n) is 2.17. The number of amides is 3. The predicted octanol–water partition coefficient (Wildman–Crippen LogP) is 2.89. The summed E-state index contributed by atoms with van der Waals surface area (Å²) in [5.41, 5.74) is 1.20. The van der Waals surface area contributed by atoms with Gasteiger partial charge in [-0.25, -0.2) is 0 Å². The molecular formula is C18H18ClN3O5. The van der Waals surface area contributed by atoms with Crippen molar-refractivity contribution in [3.63, 3.8) is 0 Å². The van der Waals surface area contributed by atoms with Gasteiger partial charge < -0.3 is 25.4 Å². The van der Waals surface area contributed by atoms with Gasteiger partial charge in [0.2, 0.25) is 5.91 Å². The summed E-state index contributed by atoms with van der Waals surface area (Å²) in [5, 5.41) is 7.81. The highest BCUT2D eigenvalue weighted by Crippen LogP contribution is 2.35. The first-order chi connectivity index (χ1) is 12.8. The van der Waals surface area contributed by atoms with Crippen molar-refractivity contribution >= 4 is 46.4 Å². The molecule has 0 fully saturated rings. The second-order valence-electron chi connectivity index (χ2n) is 5.35. The van der Waals surface area contributed by atoms with Crippen LogP contribution in [0, 0.1) is 0 Å². The zero-order valence-electron chi connectivity index (χ0n) is 14.9. The molecule has 2 rings (SSSR count). The summed E-state index contributed by atoms with van der Waals surface area (Å²) in [6, 6.07) is 9.23. The molecule has 0 heterocycles. The number of halogens is 1. The van der Waals surface area contributed by atoms with E-state index in [0.29, 0.717) is 22.1 Å². The number of benzene rings is 2. The molecule has 0 aliphatic heterocycles. The van der Waals surface area contributed by atoms with Crippen molar-refractivity contribution in [3.8, 4) is 11.5 Å². The maximum absolute atomic E-state index is 12.2. The van der Waals surface area contributed by atoms with Gasteiger partial charge in [0, 0.05) is 30.4 Å². The summed E-state index contributed by atoms with van der Waals surface area (Å²) in [4.78, 5) is 35.3. The number of anilines is 3. The van der Waals surface area contributed by atoms with Gasteiger partial charge in [0.1, 0.15) is 11.5 Å². The number of hydrogen-bond donors (Lipinski definition) is 3. The zero-order chi connectivity index (χ0) is 20.0. The molecule has 3 amide bonds. The molecule has 27 heavy (non-hydrogen) atoms. The fraction of sp³-hybridized carbons (Fsp3) is 0.167. The summed E-state index contributed by atoms with van der Waals surface area (Å²) in [5.74, 6) is -1.39. The van der Waals surface area contributed by atoms with Gasteiger partial charge in [-0.05, 0) is 24.3 Å². The maximum Gasteiger partial charge on any atom is 0.314 e. The smallest absolute Gasteiger partial charge is 0.314 e. The number of rotatable bonds is 5. The highest BCUT2D eigenvalue weighted by atomic mass is 35.5. The molecule has 9 heteroatoms. The second kappa shape index (κ2) is 8.91. The Balaban J connectivity index is 2.07. The molecule has 0 atom stereocenters. The van der Waals surface area contributed by atoms with Crippen molar-refractivity contribution in [1.29, 1.82) is 0 Å². The average Bonchev–Trinajstić information content (AvgIpc) is 2.63. The van der Waals surface area contributed by atoms with E-state index in [-0.39, 0.29) is 17.3 Å². The lowest BCUT2D eigenvalue weighted by molar-refractivity contribution is -0.133. The van der Waals surface area contributed by atoms with Gasteiger partial charge in [0.15, 0.2) is 0 Å². The number of carbonyl (C=O) groups is 3. The molecule has 0 spiro atoms. The molecule has 0 unspecified atom stereocenters. The van der Waals surface area contributed by atoms with Crippen molar-refractivity contribution in [3.05, 3.63) is 41.4 Å². The minimum Gasteiger partial charge on any atom is -0.495 e. The molecule has 0 aliphatic rings. The Bertz CT molecular complexity index is 868. The van der Waals surface area contributed by atoms with E-state index in [9.17, 15) is 14.4 Å². The van der Waals surface area contributed by atoms with Crippen molar-refractivity contribution in [2.75, 3.05) is 30.2 Å². The number of carbonyl (C=O) groups excluding carboxylic acids is 3. The average molecular weight is 392 g/mol. The standard InChI is InChI=1S/C18H18ClN3O5/c1-10(23)20-11-4-6-12(7-5-11)21-17(24)18(25)22-14-9-15(26-2)13(19)8-16(14)27-3/h4-9H,1-3H3,(H,20,23)(H,21,24)(H,22,25). The summed E-state index contributed by atoms with van der Waals surface area (Å²) in [6.07, 6.45) is 0. The van der Waals surface area contributed by atoms with Crippen molar-refractivity contribution in [2.45, 2.75) is 6.92 Å². The largest absolute Gasteiger partial charge is 0.495 e. The van der Waals surface area contributed by atoms with Gasteiger partial charge in [-0.15, -0.1) is 0 Å². The van der Waals surface area contributed by atoms with Crippen molar-refractivity contribution in [2.24, 2.45) is 0 Å². The first kappa shape index (κ1) is 20.1. The summed E-state index contributed by atoms with van der Waals surface area (Å²) in [7, 11) is 2.83. The molecule has 0 aromatic heterocycles. The quantitative estimate of drug-likeness (QED) is 0.679. The third-order valence-corrected chi connectivity index (χ3v) is 3.69. The number of ether oxygens (including phenoxy) is 2. The van der Waals surface area contributed by atoms with Crippen LogP contribution >= 0.6 is 11.6 Å². The molecule has 8 nitrogen and oxygen atoms in total. The molecule has 2 aromatic carbocycles. The minimum absolute atomic E-state index is 0.210. The molecular weight excluding hydrogens is 374 g/mol. The van der Waals surface area contributed by atoms with Gasteiger partial charge in [-0.3, -0.25) is 14.4 Å². The topological polar surface area (TPSA) is 106 Å². The highest BCUT2D eigenvalue weighted by Gasteiger charge is 2.18. The summed E-state index contributed by atoms with van der Waals surface area (Å²) < 4.78 is 10.2. The van der Waals surface area contributed by atoms with Crippen LogP contribution in [0.4, 0.5) is 17.1 Å². The summed E-state index contributed by atoms with van der Waals surface area (Å²) in [6.45, 7) is 1.39. The van der Waals surface area contributed by atoms with Crippen LogP contribution < -0.4 is 25.4 Å². The fourth-order valence-corrected chi connectivity index (χ4v) is 2.40. The van der Waals surface area contributed by atoms with Gasteiger partial charge >= 0.3 is 11.8 Å². The van der Waals surface area contributed by atoms with E-state index in [1.54, 1.807) is 24.3 Å². The van der Waals surface area contributed by atoms with Crippen molar-refractivity contribution in [1.82, 2.24) is 0 Å². The minimum atomic E-state index is -0.899. The lowest BCUT2D eigenvalue weighted by Gasteiger charge is -2.13. The first-order valence-electron chi connectivity index (χ1n) is 7.75. The molecule has 0 saturated heterocycles. The number of hydrogen-bond acceptors (Lipinski definition) is 5. The van der Waals surface area contributed by atoms with Crippen LogP contribution in [0.5, 0.6) is 11.5 Å². The van der Waals surface area contributed by atoms with Crippen LogP contribution in [0.3, 0.4) is 0 Å². The van der Waals surface area contributed by atoms with Crippen LogP contribution in [-0.4, -0.2) is 31.9 Å². The molecule has 0 bridgehead atoms. The third-order valence-electron chi connectivity index (χ3n) is 3.39. The SMILES string of the molecule is COc1cc(NC(=O)C(=O)Nc2ccc(NC(C)=O)cc2)c(OC)cc1Cl. The van der Waals surface area contributed by atoms with Crippen LogP contribution in [0.25, 0.3) is 0 Å². The lowest BCUT2D eigenvalue weighted by Crippen LogP contribution is -2.29. The molecule has 0 saturated carbocycles. The Hall–Kier alpha value is -3.26. The van der Waals surface area contributed by atoms with E-state index in [1.165, 1.54) is 33.3 Å². The van der Waals surface area contributed by atoms with Crippen molar-refractivity contribution < 1.29 is 23.9 Å². The van der Waals surface area contributed by atoms with Gasteiger partial charge in [-0.2, -0.15) is 0 Å². The van der Waals surface area contributed by atoms with Gasteiger partial charge in [0.05, 0.1) is 24.9 Å². The van der Waals surface area contributed by atoms with Crippen LogP contribution in [0.15, 0.2) is 36.4 Å². The summed E-state index contributed by atoms with van der Waals surface area (Å²) >= 11 is 6.01. The first-order valence-corrected chi connectivity index (χ1v) is 8.13. The Morgan fingerprint density at radius 1 is 0.815 bits per heavy atom. The Morgan fingerprint density at radius 3 is 1.85 bits per heavy atom. The van der Waals surface area contributed by atoms with Crippen LogP contribution in [0.2, 0.25) is 5.02 Å². The van der Waals surface area contributed by atoms with Crippen LogP contribution in [0.1, 0.15) is 6.92 Å². The van der Waals surface area contributed by atoms with Crippen LogP contribution in [-0.2, 0) is 14.4 Å². The Morgan fingerprint density at radius 2 is 1.33 bits per heavy atom. The van der Waals surface area contributed by atoms with Gasteiger partial charge in [-0.1, -0.05) is 11.6 Å². The highest BCUT2D eigenvalue weighted by molar-refractivity contribution is 6.44. The van der Waals surface area contributed by atoms with E-state index in [2.05, 4.69) is 16.0 Å². The van der Waals surface area contributed by atoms with E-state index >= 15 is 0 Å². The third kappa shape index (κ3) is 5.35. The number of nitrogens with one attached hydrogen (secondary N) is 3. The predicted molar refractivity (Wildman–Crippen MR) is 103 cm³/mol. The molecule has 0 radical (unpaired) electrons. The monoisotopic (exact) mass is 391 g/mol. The van der Waals surface area contributed by atoms with E-state index in [4.69, 9.17) is 21.1 Å². The second-order valence-corrected chi connectivity index (χ2v) is 5.76. The molecule has 142 valence electrons. The maximum atomic E-state index is 12.2. The molecule has 0 aliphatic carbocycles. The van der Waals surface area contributed by atoms with E-state index in [0.717, 1.165) is 0 Å². The Labute approximate surface area is 160 Å².